The molecule has 2 heteroatoms. The fraction of sp³-hybridized carbons (Fsp3) is 0.333. The summed E-state index contributed by atoms with van der Waals surface area (Å²) in [5.74, 6) is 0. The van der Waals surface area contributed by atoms with Gasteiger partial charge >= 0.3 is 0 Å². The molecular weight excluding hydrogens is 243 g/mol. The van der Waals surface area contributed by atoms with Crippen molar-refractivity contribution in [3.63, 3.8) is 0 Å². The third-order valence-electron chi connectivity index (χ3n) is 2.73. The second kappa shape index (κ2) is 9.38. The molecule has 0 saturated carbocycles. The van der Waals surface area contributed by atoms with Crippen LogP contribution in [0.2, 0.25) is 0 Å². The quantitative estimate of drug-likeness (QED) is 0.723. The summed E-state index contributed by atoms with van der Waals surface area (Å²) in [4.78, 5) is 0. The molecule has 0 aromatic heterocycles. The largest absolute Gasteiger partial charge is 0.458 e. The summed E-state index contributed by atoms with van der Waals surface area (Å²) in [5, 5.41) is 7.00. The average Bonchev–Trinajstić information content (AvgIpc) is 2.28. The number of hydrogen-bond donors (Lipinski definition) is 1. The third-order valence-corrected chi connectivity index (χ3v) is 2.73. The zero-order valence-corrected chi connectivity index (χ0v) is 13.9. The van der Waals surface area contributed by atoms with Crippen LogP contribution in [0.1, 0.15) is 33.4 Å². The molecule has 0 aliphatic rings. The van der Waals surface area contributed by atoms with Gasteiger partial charge in [0.25, 0.3) is 8.05 Å². The van der Waals surface area contributed by atoms with Crippen molar-refractivity contribution in [2.45, 2.75) is 41.5 Å². The Balaban J connectivity index is 0.000000321. The van der Waals surface area contributed by atoms with Gasteiger partial charge in [0.05, 0.1) is 0 Å². The normalized spacial score (nSPS) is 8.95. The highest BCUT2D eigenvalue weighted by Gasteiger charge is 1.88. The first-order valence-electron chi connectivity index (χ1n) is 6.91. The number of aryl methyl sites for hydroxylation is 6. The molecule has 0 heterocycles. The van der Waals surface area contributed by atoms with E-state index in [4.69, 9.17) is 5.02 Å². The molecule has 1 nitrogen and oxygen atoms in total. The predicted molar refractivity (Wildman–Crippen MR) is 92.1 cm³/mol. The monoisotopic (exact) mass is 270 g/mol. The molecular formula is C18H27BO. The minimum Gasteiger partial charge on any atom is -0.458 e. The minimum absolute atomic E-state index is 1.00. The van der Waals surface area contributed by atoms with Crippen molar-refractivity contribution in [3.05, 3.63) is 69.8 Å². The maximum absolute atomic E-state index is 7.00. The van der Waals surface area contributed by atoms with E-state index in [9.17, 15) is 0 Å². The van der Waals surface area contributed by atoms with E-state index in [0.717, 1.165) is 8.05 Å². The summed E-state index contributed by atoms with van der Waals surface area (Å²) >= 11 is 0. The standard InChI is InChI=1S/2C9H12.BH3O/c2*1-7-4-8(2)6-9(3)5-7;1-2/h2*4-6H,1-3H3;2H,1H2. The van der Waals surface area contributed by atoms with Gasteiger partial charge in [0.2, 0.25) is 0 Å². The van der Waals surface area contributed by atoms with Crippen molar-refractivity contribution in [1.82, 2.24) is 0 Å². The van der Waals surface area contributed by atoms with Crippen molar-refractivity contribution < 1.29 is 5.02 Å². The van der Waals surface area contributed by atoms with Crippen LogP contribution < -0.4 is 0 Å². The molecule has 0 radical (unpaired) electrons. The first-order valence-corrected chi connectivity index (χ1v) is 6.91. The zero-order chi connectivity index (χ0) is 15.7. The molecule has 0 spiro atoms. The predicted octanol–water partition coefficient (Wildman–Crippen LogP) is 3.75. The molecule has 2 aromatic carbocycles. The summed E-state index contributed by atoms with van der Waals surface area (Å²) in [6.07, 6.45) is 0. The lowest BCUT2D eigenvalue weighted by molar-refractivity contribution is 0.629. The molecule has 0 unspecified atom stereocenters. The fourth-order valence-corrected chi connectivity index (χ4v) is 2.40. The highest BCUT2D eigenvalue weighted by Crippen LogP contribution is 2.07. The lowest BCUT2D eigenvalue weighted by Crippen LogP contribution is -1.78. The Morgan fingerprint density at radius 1 is 0.450 bits per heavy atom. The number of rotatable bonds is 0. The molecule has 0 fully saturated rings. The SMILES string of the molecule is BO.Cc1cc(C)cc(C)c1.Cc1cc(C)cc(C)c1. The fourth-order valence-electron chi connectivity index (χ4n) is 2.40. The van der Waals surface area contributed by atoms with E-state index in [1.165, 1.54) is 33.4 Å². The van der Waals surface area contributed by atoms with E-state index < -0.39 is 0 Å². The maximum Gasteiger partial charge on any atom is 0.252 e. The highest BCUT2D eigenvalue weighted by molar-refractivity contribution is 5.95. The van der Waals surface area contributed by atoms with E-state index in [-0.39, 0.29) is 0 Å². The van der Waals surface area contributed by atoms with E-state index >= 15 is 0 Å². The van der Waals surface area contributed by atoms with Crippen LogP contribution in [0, 0.1) is 41.5 Å². The molecule has 0 bridgehead atoms. The average molecular weight is 270 g/mol. The number of benzene rings is 2. The van der Waals surface area contributed by atoms with Crippen LogP contribution in [0.5, 0.6) is 0 Å². The van der Waals surface area contributed by atoms with Crippen LogP contribution in [-0.2, 0) is 0 Å². The molecule has 1 N–H and O–H groups in total. The van der Waals surface area contributed by atoms with Gasteiger partial charge in [-0.25, -0.2) is 0 Å². The summed E-state index contributed by atoms with van der Waals surface area (Å²) in [6, 6.07) is 13.1. The highest BCUT2D eigenvalue weighted by atomic mass is 16.2. The first kappa shape index (κ1) is 18.5. The van der Waals surface area contributed by atoms with Crippen LogP contribution in [0.3, 0.4) is 0 Å². The lowest BCUT2D eigenvalue weighted by Gasteiger charge is -1.96. The summed E-state index contributed by atoms with van der Waals surface area (Å²) in [6.45, 7) is 12.8. The molecule has 0 aliphatic heterocycles. The van der Waals surface area contributed by atoms with E-state index in [1.807, 2.05) is 0 Å². The van der Waals surface area contributed by atoms with Crippen molar-refractivity contribution in [1.29, 1.82) is 0 Å². The Labute approximate surface area is 125 Å². The molecule has 0 aliphatic carbocycles. The Kier molecular flexibility index (Phi) is 8.66. The van der Waals surface area contributed by atoms with Crippen molar-refractivity contribution in [3.8, 4) is 0 Å². The number of hydrogen-bond acceptors (Lipinski definition) is 1. The Bertz CT molecular complexity index is 382. The van der Waals surface area contributed by atoms with Gasteiger partial charge in [0, 0.05) is 0 Å². The smallest absolute Gasteiger partial charge is 0.252 e. The lowest BCUT2D eigenvalue weighted by atomic mass is 10.1. The zero-order valence-electron chi connectivity index (χ0n) is 13.9. The van der Waals surface area contributed by atoms with E-state index in [2.05, 4.69) is 77.9 Å². The second-order valence-corrected chi connectivity index (χ2v) is 5.33. The van der Waals surface area contributed by atoms with E-state index in [1.54, 1.807) is 0 Å². The molecule has 0 atom stereocenters. The Hall–Kier alpha value is -1.54. The summed E-state index contributed by atoms with van der Waals surface area (Å²) < 4.78 is 0. The maximum atomic E-state index is 7.00. The van der Waals surface area contributed by atoms with Crippen molar-refractivity contribution in [2.24, 2.45) is 0 Å². The van der Waals surface area contributed by atoms with Crippen LogP contribution >= 0.6 is 0 Å². The van der Waals surface area contributed by atoms with Gasteiger partial charge in [-0.2, -0.15) is 0 Å². The Morgan fingerprint density at radius 2 is 0.550 bits per heavy atom. The van der Waals surface area contributed by atoms with Crippen molar-refractivity contribution in [2.75, 3.05) is 0 Å². The Morgan fingerprint density at radius 3 is 0.650 bits per heavy atom. The van der Waals surface area contributed by atoms with Crippen LogP contribution in [-0.4, -0.2) is 13.1 Å². The van der Waals surface area contributed by atoms with E-state index in [0.29, 0.717) is 0 Å². The molecule has 0 saturated heterocycles. The summed E-state index contributed by atoms with van der Waals surface area (Å²) in [5.41, 5.74) is 8.13. The summed E-state index contributed by atoms with van der Waals surface area (Å²) in [7, 11) is 1.00. The van der Waals surface area contributed by atoms with Crippen LogP contribution in [0.25, 0.3) is 0 Å². The molecule has 2 rings (SSSR count). The molecule has 108 valence electrons. The van der Waals surface area contributed by atoms with Crippen molar-refractivity contribution >= 4 is 8.05 Å². The van der Waals surface area contributed by atoms with Gasteiger partial charge in [-0.3, -0.25) is 0 Å². The van der Waals surface area contributed by atoms with Crippen LogP contribution in [0.4, 0.5) is 0 Å². The van der Waals surface area contributed by atoms with Gasteiger partial charge < -0.3 is 5.02 Å². The minimum atomic E-state index is 1.00. The van der Waals surface area contributed by atoms with Gasteiger partial charge in [-0.1, -0.05) is 69.8 Å². The second-order valence-electron chi connectivity index (χ2n) is 5.33. The first-order chi connectivity index (χ1) is 9.36. The van der Waals surface area contributed by atoms with Crippen LogP contribution in [0.15, 0.2) is 36.4 Å². The van der Waals surface area contributed by atoms with Gasteiger partial charge in [-0.05, 0) is 41.5 Å². The molecule has 0 amide bonds. The third kappa shape index (κ3) is 7.80. The van der Waals surface area contributed by atoms with Gasteiger partial charge in [0.15, 0.2) is 0 Å². The molecule has 2 aromatic rings. The van der Waals surface area contributed by atoms with Gasteiger partial charge in [0.1, 0.15) is 0 Å². The molecule has 20 heavy (non-hydrogen) atoms. The topological polar surface area (TPSA) is 20.2 Å². The van der Waals surface area contributed by atoms with Gasteiger partial charge in [-0.15, -0.1) is 0 Å².